The number of halogens is 1. The zero-order valence-corrected chi connectivity index (χ0v) is 14.9. The van der Waals surface area contributed by atoms with Crippen molar-refractivity contribution in [3.05, 3.63) is 47.7 Å². The summed E-state index contributed by atoms with van der Waals surface area (Å²) in [4.78, 5) is 10.8. The van der Waals surface area contributed by atoms with Crippen LogP contribution in [0, 0.1) is 12.7 Å². The number of benzene rings is 1. The highest BCUT2D eigenvalue weighted by Gasteiger charge is 2.18. The van der Waals surface area contributed by atoms with Crippen molar-refractivity contribution in [1.82, 2.24) is 14.7 Å². The van der Waals surface area contributed by atoms with Crippen LogP contribution in [0.5, 0.6) is 0 Å². The third kappa shape index (κ3) is 4.32. The highest BCUT2D eigenvalue weighted by molar-refractivity contribution is 7.89. The number of aromatic nitrogens is 2. The number of hydrogen-bond donors (Lipinski definition) is 1. The van der Waals surface area contributed by atoms with Crippen LogP contribution in [0.2, 0.25) is 0 Å². The minimum Gasteiger partial charge on any atom is -0.357 e. The van der Waals surface area contributed by atoms with Crippen LogP contribution in [0.1, 0.15) is 30.7 Å². The monoisotopic (exact) mass is 364 g/mol. The number of sulfonamides is 1. The van der Waals surface area contributed by atoms with Crippen LogP contribution in [0.4, 0.5) is 10.2 Å². The van der Waals surface area contributed by atoms with Crippen molar-refractivity contribution in [2.24, 2.45) is 0 Å². The highest BCUT2D eigenvalue weighted by atomic mass is 32.2. The first-order valence-electron chi connectivity index (χ1n) is 8.28. The molecular formula is C17H21FN4O2S. The smallest absolute Gasteiger partial charge is 0.241 e. The third-order valence-electron chi connectivity index (χ3n) is 4.22. The molecule has 0 radical (unpaired) electrons. The van der Waals surface area contributed by atoms with E-state index in [0.717, 1.165) is 37.8 Å². The first-order chi connectivity index (χ1) is 12.0. The van der Waals surface area contributed by atoms with Gasteiger partial charge < -0.3 is 4.90 Å². The summed E-state index contributed by atoms with van der Waals surface area (Å²) in [6, 6.07) is 5.43. The Bertz CT molecular complexity index is 851. The summed E-state index contributed by atoms with van der Waals surface area (Å²) in [7, 11) is -3.75. The van der Waals surface area contributed by atoms with Crippen molar-refractivity contribution in [2.75, 3.05) is 18.0 Å². The summed E-state index contributed by atoms with van der Waals surface area (Å²) in [6.07, 6.45) is 5.14. The average Bonchev–Trinajstić information content (AvgIpc) is 2.61. The Hall–Kier alpha value is -2.06. The Balaban J connectivity index is 1.72. The zero-order chi connectivity index (χ0) is 17.9. The topological polar surface area (TPSA) is 75.2 Å². The van der Waals surface area contributed by atoms with E-state index in [1.807, 2.05) is 6.07 Å². The lowest BCUT2D eigenvalue weighted by molar-refractivity contribution is 0.569. The molecule has 6 nitrogen and oxygen atoms in total. The molecule has 1 aliphatic heterocycles. The molecule has 0 unspecified atom stereocenters. The van der Waals surface area contributed by atoms with Gasteiger partial charge in [-0.1, -0.05) is 0 Å². The van der Waals surface area contributed by atoms with Crippen LogP contribution in [-0.4, -0.2) is 31.5 Å². The Labute approximate surface area is 147 Å². The molecule has 0 spiro atoms. The second kappa shape index (κ2) is 7.45. The molecule has 2 aromatic rings. The Morgan fingerprint density at radius 1 is 1.20 bits per heavy atom. The predicted octanol–water partition coefficient (Wildman–Crippen LogP) is 2.39. The maximum atomic E-state index is 13.2. The molecular weight excluding hydrogens is 343 g/mol. The minimum atomic E-state index is -3.75. The Kier molecular flexibility index (Phi) is 5.29. The summed E-state index contributed by atoms with van der Waals surface area (Å²) in [5.74, 6) is 0.766. The molecule has 3 rings (SSSR count). The van der Waals surface area contributed by atoms with Gasteiger partial charge in [0, 0.05) is 19.3 Å². The van der Waals surface area contributed by atoms with Gasteiger partial charge in [-0.2, -0.15) is 0 Å². The van der Waals surface area contributed by atoms with Crippen molar-refractivity contribution in [3.63, 3.8) is 0 Å². The van der Waals surface area contributed by atoms with Crippen molar-refractivity contribution in [2.45, 2.75) is 37.6 Å². The molecule has 0 bridgehead atoms. The molecule has 1 fully saturated rings. The van der Waals surface area contributed by atoms with Gasteiger partial charge in [0.2, 0.25) is 10.0 Å². The van der Waals surface area contributed by atoms with Crippen LogP contribution in [0.25, 0.3) is 0 Å². The van der Waals surface area contributed by atoms with E-state index in [4.69, 9.17) is 0 Å². The lowest BCUT2D eigenvalue weighted by Gasteiger charge is -2.27. The van der Waals surface area contributed by atoms with E-state index >= 15 is 0 Å². The predicted molar refractivity (Wildman–Crippen MR) is 93.3 cm³/mol. The number of piperidine rings is 1. The fourth-order valence-corrected chi connectivity index (χ4v) is 4.13. The second-order valence-electron chi connectivity index (χ2n) is 6.11. The van der Waals surface area contributed by atoms with E-state index in [2.05, 4.69) is 19.6 Å². The maximum Gasteiger partial charge on any atom is 0.241 e. The SMILES string of the molecule is Cc1cc(F)ccc1S(=O)(=O)NCc1nccc(N2CCCCC2)n1. The summed E-state index contributed by atoms with van der Waals surface area (Å²) in [5, 5.41) is 0. The van der Waals surface area contributed by atoms with Gasteiger partial charge in [-0.3, -0.25) is 0 Å². The lowest BCUT2D eigenvalue weighted by Crippen LogP contribution is -2.31. The van der Waals surface area contributed by atoms with Crippen molar-refractivity contribution in [1.29, 1.82) is 0 Å². The van der Waals surface area contributed by atoms with Crippen molar-refractivity contribution in [3.8, 4) is 0 Å². The third-order valence-corrected chi connectivity index (χ3v) is 5.78. The lowest BCUT2D eigenvalue weighted by atomic mass is 10.1. The quantitative estimate of drug-likeness (QED) is 0.882. The van der Waals surface area contributed by atoms with E-state index in [1.165, 1.54) is 18.6 Å². The van der Waals surface area contributed by atoms with Crippen LogP contribution >= 0.6 is 0 Å². The molecule has 1 N–H and O–H groups in total. The molecule has 0 saturated carbocycles. The number of nitrogens with zero attached hydrogens (tertiary/aromatic N) is 3. The number of hydrogen-bond acceptors (Lipinski definition) is 5. The van der Waals surface area contributed by atoms with Crippen LogP contribution in [-0.2, 0) is 16.6 Å². The van der Waals surface area contributed by atoms with Gasteiger partial charge in [0.05, 0.1) is 11.4 Å². The van der Waals surface area contributed by atoms with Crippen LogP contribution < -0.4 is 9.62 Å². The molecule has 1 saturated heterocycles. The molecule has 8 heteroatoms. The Morgan fingerprint density at radius 2 is 1.96 bits per heavy atom. The molecule has 0 atom stereocenters. The number of rotatable bonds is 5. The average molecular weight is 364 g/mol. The number of aryl methyl sites for hydroxylation is 1. The van der Waals surface area contributed by atoms with Gasteiger partial charge in [-0.15, -0.1) is 0 Å². The van der Waals surface area contributed by atoms with Gasteiger partial charge in [-0.25, -0.2) is 27.5 Å². The number of nitrogens with one attached hydrogen (secondary N) is 1. The molecule has 1 aromatic carbocycles. The number of anilines is 1. The molecule has 1 aromatic heterocycles. The van der Waals surface area contributed by atoms with E-state index < -0.39 is 15.8 Å². The van der Waals surface area contributed by atoms with E-state index in [9.17, 15) is 12.8 Å². The molecule has 0 aliphatic carbocycles. The molecule has 0 amide bonds. The molecule has 2 heterocycles. The highest BCUT2D eigenvalue weighted by Crippen LogP contribution is 2.18. The van der Waals surface area contributed by atoms with Crippen molar-refractivity contribution >= 4 is 15.8 Å². The van der Waals surface area contributed by atoms with E-state index in [0.29, 0.717) is 11.4 Å². The fourth-order valence-electron chi connectivity index (χ4n) is 2.92. The summed E-state index contributed by atoms with van der Waals surface area (Å²) in [5.41, 5.74) is 0.357. The fraction of sp³-hybridized carbons (Fsp3) is 0.412. The molecule has 1 aliphatic rings. The summed E-state index contributed by atoms with van der Waals surface area (Å²) in [6.45, 7) is 3.46. The summed E-state index contributed by atoms with van der Waals surface area (Å²) >= 11 is 0. The van der Waals surface area contributed by atoms with E-state index in [1.54, 1.807) is 13.1 Å². The van der Waals surface area contributed by atoms with Gasteiger partial charge >= 0.3 is 0 Å². The van der Waals surface area contributed by atoms with Crippen LogP contribution in [0.3, 0.4) is 0 Å². The minimum absolute atomic E-state index is 0.0131. The molecule has 25 heavy (non-hydrogen) atoms. The zero-order valence-electron chi connectivity index (χ0n) is 14.1. The van der Waals surface area contributed by atoms with Gasteiger partial charge in [0.25, 0.3) is 0 Å². The van der Waals surface area contributed by atoms with Crippen LogP contribution in [0.15, 0.2) is 35.4 Å². The van der Waals surface area contributed by atoms with E-state index in [-0.39, 0.29) is 11.4 Å². The summed E-state index contributed by atoms with van der Waals surface area (Å²) < 4.78 is 40.5. The Morgan fingerprint density at radius 3 is 2.68 bits per heavy atom. The van der Waals surface area contributed by atoms with Gasteiger partial charge in [0.1, 0.15) is 17.5 Å². The van der Waals surface area contributed by atoms with Gasteiger partial charge in [0.15, 0.2) is 0 Å². The molecule has 134 valence electrons. The van der Waals surface area contributed by atoms with Crippen molar-refractivity contribution < 1.29 is 12.8 Å². The largest absolute Gasteiger partial charge is 0.357 e. The maximum absolute atomic E-state index is 13.2. The van der Waals surface area contributed by atoms with Gasteiger partial charge in [-0.05, 0) is 56.0 Å². The first-order valence-corrected chi connectivity index (χ1v) is 9.77. The normalized spacial score (nSPS) is 15.4. The second-order valence-corrected chi connectivity index (χ2v) is 7.85. The first kappa shape index (κ1) is 17.8. The standard InChI is InChI=1S/C17H21FN4O2S/c1-13-11-14(18)5-6-15(13)25(23,24)20-12-16-19-8-7-17(21-16)22-9-3-2-4-10-22/h5-8,11,20H,2-4,9-10,12H2,1H3.